The number of nitrogens with one attached hydrogen (secondary N) is 1. The van der Waals surface area contributed by atoms with Crippen LogP contribution in [0.5, 0.6) is 5.75 Å². The van der Waals surface area contributed by atoms with Crippen molar-refractivity contribution in [3.8, 4) is 5.75 Å². The van der Waals surface area contributed by atoms with Gasteiger partial charge in [0.1, 0.15) is 5.75 Å². The van der Waals surface area contributed by atoms with Gasteiger partial charge in [0.2, 0.25) is 0 Å². The third-order valence-electron chi connectivity index (χ3n) is 2.99. The van der Waals surface area contributed by atoms with Crippen molar-refractivity contribution in [2.75, 3.05) is 19.5 Å². The van der Waals surface area contributed by atoms with E-state index in [1.54, 1.807) is 49.6 Å². The molecule has 0 saturated heterocycles. The molecule has 114 valence electrons. The third-order valence-corrected chi connectivity index (χ3v) is 3.61. The van der Waals surface area contributed by atoms with Gasteiger partial charge in [-0.25, -0.2) is 4.79 Å². The molecule has 0 aliphatic rings. The summed E-state index contributed by atoms with van der Waals surface area (Å²) in [6.45, 7) is 0. The lowest BCUT2D eigenvalue weighted by Gasteiger charge is -2.10. The van der Waals surface area contributed by atoms with Crippen LogP contribution < -0.4 is 10.1 Å². The lowest BCUT2D eigenvalue weighted by molar-refractivity contribution is 0.0602. The number of ether oxygens (including phenoxy) is 2. The van der Waals surface area contributed by atoms with Crippen molar-refractivity contribution in [3.05, 3.63) is 58.1 Å². The average molecular weight is 364 g/mol. The van der Waals surface area contributed by atoms with Crippen LogP contribution in [0.25, 0.3) is 0 Å². The minimum absolute atomic E-state index is 0.297. The molecule has 22 heavy (non-hydrogen) atoms. The van der Waals surface area contributed by atoms with Crippen LogP contribution in [0, 0.1) is 0 Å². The molecule has 1 amide bonds. The highest BCUT2D eigenvalue weighted by molar-refractivity contribution is 9.10. The maximum atomic E-state index is 12.3. The molecule has 1 N–H and O–H groups in total. The third kappa shape index (κ3) is 3.46. The second-order valence-corrected chi connectivity index (χ2v) is 5.19. The summed E-state index contributed by atoms with van der Waals surface area (Å²) in [6, 6.07) is 11.6. The van der Waals surface area contributed by atoms with Gasteiger partial charge in [-0.2, -0.15) is 0 Å². The fourth-order valence-electron chi connectivity index (χ4n) is 1.88. The Morgan fingerprint density at radius 1 is 1.09 bits per heavy atom. The molecule has 0 bridgehead atoms. The van der Waals surface area contributed by atoms with Crippen LogP contribution in [-0.4, -0.2) is 26.1 Å². The number of amides is 1. The van der Waals surface area contributed by atoms with Crippen molar-refractivity contribution in [2.24, 2.45) is 0 Å². The van der Waals surface area contributed by atoms with Crippen molar-refractivity contribution in [2.45, 2.75) is 0 Å². The molecule has 0 radical (unpaired) electrons. The number of carbonyl (C=O) groups excluding carboxylic acids is 2. The highest BCUT2D eigenvalue weighted by Gasteiger charge is 2.15. The number of carbonyl (C=O) groups is 2. The van der Waals surface area contributed by atoms with Gasteiger partial charge in [0, 0.05) is 5.56 Å². The second kappa shape index (κ2) is 7.09. The van der Waals surface area contributed by atoms with Crippen LogP contribution in [0.15, 0.2) is 46.9 Å². The molecule has 0 heterocycles. The maximum absolute atomic E-state index is 12.3. The monoisotopic (exact) mass is 363 g/mol. The van der Waals surface area contributed by atoms with E-state index in [9.17, 15) is 9.59 Å². The van der Waals surface area contributed by atoms with Crippen molar-refractivity contribution < 1.29 is 19.1 Å². The minimum Gasteiger partial charge on any atom is -0.496 e. The zero-order valence-electron chi connectivity index (χ0n) is 12.1. The molecule has 0 saturated carbocycles. The lowest BCUT2D eigenvalue weighted by Crippen LogP contribution is -2.15. The summed E-state index contributed by atoms with van der Waals surface area (Å²) in [4.78, 5) is 24.0. The Hall–Kier alpha value is -2.34. The fourth-order valence-corrected chi connectivity index (χ4v) is 2.42. The fraction of sp³-hybridized carbons (Fsp3) is 0.125. The molecule has 2 aromatic carbocycles. The van der Waals surface area contributed by atoms with Gasteiger partial charge in [0.15, 0.2) is 0 Å². The van der Waals surface area contributed by atoms with Crippen molar-refractivity contribution in [1.82, 2.24) is 0 Å². The smallest absolute Gasteiger partial charge is 0.339 e. The Balaban J connectivity index is 2.26. The molecule has 2 aromatic rings. The summed E-state index contributed by atoms with van der Waals surface area (Å²) in [7, 11) is 2.84. The predicted octanol–water partition coefficient (Wildman–Crippen LogP) is 3.50. The largest absolute Gasteiger partial charge is 0.496 e. The molecule has 2 rings (SSSR count). The zero-order valence-corrected chi connectivity index (χ0v) is 13.6. The van der Waals surface area contributed by atoms with Crippen LogP contribution in [0.3, 0.4) is 0 Å². The van der Waals surface area contributed by atoms with Gasteiger partial charge < -0.3 is 14.8 Å². The number of hydrogen-bond acceptors (Lipinski definition) is 4. The first-order valence-electron chi connectivity index (χ1n) is 6.39. The molecule has 6 heteroatoms. The number of anilines is 1. The lowest BCUT2D eigenvalue weighted by atomic mass is 10.1. The van der Waals surface area contributed by atoms with Gasteiger partial charge >= 0.3 is 5.97 Å². The Labute approximate surface area is 136 Å². The van der Waals surface area contributed by atoms with Gasteiger partial charge in [0.25, 0.3) is 5.91 Å². The molecular weight excluding hydrogens is 350 g/mol. The summed E-state index contributed by atoms with van der Waals surface area (Å²) in [6.07, 6.45) is 0. The first kappa shape index (κ1) is 16.0. The first-order valence-corrected chi connectivity index (χ1v) is 7.18. The zero-order chi connectivity index (χ0) is 16.1. The van der Waals surface area contributed by atoms with Crippen molar-refractivity contribution in [3.63, 3.8) is 0 Å². The Morgan fingerprint density at radius 3 is 2.45 bits per heavy atom. The Bertz CT molecular complexity index is 715. The summed E-state index contributed by atoms with van der Waals surface area (Å²) in [5, 5.41) is 2.71. The van der Waals surface area contributed by atoms with Crippen LogP contribution >= 0.6 is 15.9 Å². The average Bonchev–Trinajstić information content (AvgIpc) is 2.54. The number of para-hydroxylation sites is 1. The van der Waals surface area contributed by atoms with Gasteiger partial charge in [-0.05, 0) is 46.3 Å². The van der Waals surface area contributed by atoms with E-state index in [0.29, 0.717) is 27.0 Å². The Morgan fingerprint density at radius 2 is 1.82 bits per heavy atom. The molecule has 0 spiro atoms. The van der Waals surface area contributed by atoms with Crippen molar-refractivity contribution >= 4 is 33.5 Å². The van der Waals surface area contributed by atoms with Crippen molar-refractivity contribution in [1.29, 1.82) is 0 Å². The summed E-state index contributed by atoms with van der Waals surface area (Å²) < 4.78 is 10.5. The van der Waals surface area contributed by atoms with E-state index in [-0.39, 0.29) is 5.91 Å². The minimum atomic E-state index is -0.508. The van der Waals surface area contributed by atoms with Gasteiger partial charge in [0.05, 0.1) is 29.9 Å². The van der Waals surface area contributed by atoms with Gasteiger partial charge in [-0.15, -0.1) is 0 Å². The van der Waals surface area contributed by atoms with E-state index in [2.05, 4.69) is 21.2 Å². The second-order valence-electron chi connectivity index (χ2n) is 4.34. The number of rotatable bonds is 4. The van der Waals surface area contributed by atoms with E-state index < -0.39 is 5.97 Å². The summed E-state index contributed by atoms with van der Waals surface area (Å²) in [5.74, 6) is -0.210. The SMILES string of the molecule is COC(=O)c1ccccc1NC(=O)c1ccc(OC)c(Br)c1. The van der Waals surface area contributed by atoms with E-state index in [4.69, 9.17) is 9.47 Å². The van der Waals surface area contributed by atoms with Crippen LogP contribution in [-0.2, 0) is 4.74 Å². The molecule has 0 aromatic heterocycles. The first-order chi connectivity index (χ1) is 10.6. The molecular formula is C16H14BrNO4. The number of methoxy groups -OCH3 is 2. The topological polar surface area (TPSA) is 64.6 Å². The van der Waals surface area contributed by atoms with E-state index >= 15 is 0 Å². The van der Waals surface area contributed by atoms with Gasteiger partial charge in [-0.3, -0.25) is 4.79 Å². The number of esters is 1. The Kier molecular flexibility index (Phi) is 5.16. The van der Waals surface area contributed by atoms with E-state index in [1.165, 1.54) is 7.11 Å². The normalized spacial score (nSPS) is 9.95. The van der Waals surface area contributed by atoms with Crippen LogP contribution in [0.2, 0.25) is 0 Å². The van der Waals surface area contributed by atoms with Crippen LogP contribution in [0.4, 0.5) is 5.69 Å². The quantitative estimate of drug-likeness (QED) is 0.844. The number of halogens is 1. The molecule has 5 nitrogen and oxygen atoms in total. The predicted molar refractivity (Wildman–Crippen MR) is 86.4 cm³/mol. The van der Waals surface area contributed by atoms with Crippen LogP contribution in [0.1, 0.15) is 20.7 Å². The molecule has 0 unspecified atom stereocenters. The van der Waals surface area contributed by atoms with E-state index in [1.807, 2.05) is 0 Å². The number of benzene rings is 2. The molecule has 0 aliphatic carbocycles. The summed E-state index contributed by atoms with van der Waals surface area (Å²) in [5.41, 5.74) is 1.13. The molecule has 0 fully saturated rings. The molecule has 0 aliphatic heterocycles. The highest BCUT2D eigenvalue weighted by atomic mass is 79.9. The highest BCUT2D eigenvalue weighted by Crippen LogP contribution is 2.26. The maximum Gasteiger partial charge on any atom is 0.339 e. The standard InChI is InChI=1S/C16H14BrNO4/c1-21-14-8-7-10(9-12(14)17)15(19)18-13-6-4-3-5-11(13)16(20)22-2/h3-9H,1-2H3,(H,18,19). The summed E-state index contributed by atoms with van der Waals surface area (Å²) >= 11 is 3.33. The van der Waals surface area contributed by atoms with E-state index in [0.717, 1.165) is 0 Å². The molecule has 0 atom stereocenters. The number of hydrogen-bond donors (Lipinski definition) is 1. The van der Waals surface area contributed by atoms with Gasteiger partial charge in [-0.1, -0.05) is 12.1 Å².